The standard InChI is InChI=1S/C23H26N4O2/c1-23(2,3)27-21(16-8-6-5-7-9-16)18(15-24-27)22(28)25-17-10-11-20-19(14-17)26(4)12-13-29-20/h5-11,14-15H,12-13H2,1-4H3,(H,25,28). The van der Waals surface area contributed by atoms with Gasteiger partial charge in [0.2, 0.25) is 0 Å². The number of fused-ring (bicyclic) bond motifs is 1. The molecule has 0 saturated heterocycles. The molecule has 29 heavy (non-hydrogen) atoms. The summed E-state index contributed by atoms with van der Waals surface area (Å²) in [6, 6.07) is 15.6. The number of hydrogen-bond acceptors (Lipinski definition) is 4. The summed E-state index contributed by atoms with van der Waals surface area (Å²) in [4.78, 5) is 15.3. The Bertz CT molecular complexity index is 1030. The highest BCUT2D eigenvalue weighted by Crippen LogP contribution is 2.34. The van der Waals surface area contributed by atoms with Crippen molar-refractivity contribution < 1.29 is 9.53 Å². The quantitative estimate of drug-likeness (QED) is 0.721. The fourth-order valence-corrected chi connectivity index (χ4v) is 3.52. The second-order valence-corrected chi connectivity index (χ2v) is 8.26. The number of likely N-dealkylation sites (N-methyl/N-ethyl adjacent to an activating group) is 1. The van der Waals surface area contributed by atoms with Crippen LogP contribution in [0, 0.1) is 0 Å². The Labute approximate surface area is 171 Å². The van der Waals surface area contributed by atoms with Crippen LogP contribution in [-0.2, 0) is 5.54 Å². The van der Waals surface area contributed by atoms with Crippen molar-refractivity contribution in [2.75, 3.05) is 30.4 Å². The van der Waals surface area contributed by atoms with Crippen LogP contribution < -0.4 is 15.0 Å². The third-order valence-electron chi connectivity index (χ3n) is 5.01. The minimum Gasteiger partial charge on any atom is -0.490 e. The first kappa shape index (κ1) is 19.1. The Morgan fingerprint density at radius 1 is 1.14 bits per heavy atom. The first-order chi connectivity index (χ1) is 13.8. The maximum atomic E-state index is 13.2. The molecule has 2 heterocycles. The molecule has 1 aliphatic heterocycles. The molecule has 1 amide bonds. The lowest BCUT2D eigenvalue weighted by atomic mass is 10.0. The predicted molar refractivity (Wildman–Crippen MR) is 116 cm³/mol. The van der Waals surface area contributed by atoms with Gasteiger partial charge in [0.15, 0.2) is 0 Å². The van der Waals surface area contributed by atoms with Crippen molar-refractivity contribution in [2.45, 2.75) is 26.3 Å². The van der Waals surface area contributed by atoms with E-state index in [0.717, 1.165) is 34.9 Å². The summed E-state index contributed by atoms with van der Waals surface area (Å²) in [5, 5.41) is 7.57. The Morgan fingerprint density at radius 3 is 2.62 bits per heavy atom. The summed E-state index contributed by atoms with van der Waals surface area (Å²) in [6.07, 6.45) is 1.65. The molecule has 1 N–H and O–H groups in total. The van der Waals surface area contributed by atoms with Crippen LogP contribution in [-0.4, -0.2) is 35.9 Å². The first-order valence-electron chi connectivity index (χ1n) is 9.78. The van der Waals surface area contributed by atoms with Gasteiger partial charge in [-0.15, -0.1) is 0 Å². The van der Waals surface area contributed by atoms with Crippen LogP contribution in [0.25, 0.3) is 11.3 Å². The molecule has 0 bridgehead atoms. The van der Waals surface area contributed by atoms with Crippen molar-refractivity contribution in [1.29, 1.82) is 0 Å². The SMILES string of the molecule is CN1CCOc2ccc(NC(=O)c3cnn(C(C)(C)C)c3-c3ccccc3)cc21. The third kappa shape index (κ3) is 3.70. The van der Waals surface area contributed by atoms with Crippen LogP contribution in [0.15, 0.2) is 54.7 Å². The number of carbonyl (C=O) groups is 1. The Hall–Kier alpha value is -3.28. The molecule has 0 aliphatic carbocycles. The van der Waals surface area contributed by atoms with Crippen molar-refractivity contribution in [3.63, 3.8) is 0 Å². The van der Waals surface area contributed by atoms with Crippen LogP contribution in [0.2, 0.25) is 0 Å². The van der Waals surface area contributed by atoms with Gasteiger partial charge in [-0.2, -0.15) is 5.10 Å². The van der Waals surface area contributed by atoms with Gasteiger partial charge in [-0.05, 0) is 39.0 Å². The number of aromatic nitrogens is 2. The van der Waals surface area contributed by atoms with E-state index in [-0.39, 0.29) is 11.4 Å². The molecule has 0 radical (unpaired) electrons. The van der Waals surface area contributed by atoms with Gasteiger partial charge >= 0.3 is 0 Å². The predicted octanol–water partition coefficient (Wildman–Crippen LogP) is 4.39. The summed E-state index contributed by atoms with van der Waals surface area (Å²) in [5.74, 6) is 0.654. The number of nitrogens with one attached hydrogen (secondary N) is 1. The zero-order valence-electron chi connectivity index (χ0n) is 17.3. The highest BCUT2D eigenvalue weighted by Gasteiger charge is 2.25. The molecule has 150 valence electrons. The molecule has 0 atom stereocenters. The maximum Gasteiger partial charge on any atom is 0.259 e. The zero-order valence-corrected chi connectivity index (χ0v) is 17.3. The number of hydrogen-bond donors (Lipinski definition) is 1. The van der Waals surface area contributed by atoms with Crippen molar-refractivity contribution in [2.24, 2.45) is 0 Å². The van der Waals surface area contributed by atoms with Crippen LogP contribution in [0.4, 0.5) is 11.4 Å². The maximum absolute atomic E-state index is 13.2. The van der Waals surface area contributed by atoms with Crippen LogP contribution in [0.5, 0.6) is 5.75 Å². The third-order valence-corrected chi connectivity index (χ3v) is 5.01. The van der Waals surface area contributed by atoms with Crippen molar-refractivity contribution >= 4 is 17.3 Å². The Balaban J connectivity index is 1.70. The first-order valence-corrected chi connectivity index (χ1v) is 9.78. The Kier molecular flexibility index (Phi) is 4.78. The smallest absolute Gasteiger partial charge is 0.259 e. The zero-order chi connectivity index (χ0) is 20.6. The largest absolute Gasteiger partial charge is 0.490 e. The number of nitrogens with zero attached hydrogens (tertiary/aromatic N) is 3. The topological polar surface area (TPSA) is 59.4 Å². The average molecular weight is 390 g/mol. The molecule has 1 aromatic heterocycles. The summed E-state index contributed by atoms with van der Waals surface area (Å²) in [5.41, 5.74) is 3.78. The molecule has 0 fully saturated rings. The highest BCUT2D eigenvalue weighted by molar-refractivity contribution is 6.08. The molecular formula is C23H26N4O2. The minimum absolute atomic E-state index is 0.182. The van der Waals surface area contributed by atoms with Gasteiger partial charge in [-0.3, -0.25) is 9.48 Å². The number of carbonyl (C=O) groups excluding carboxylic acids is 1. The van der Waals surface area contributed by atoms with E-state index >= 15 is 0 Å². The van der Waals surface area contributed by atoms with E-state index in [2.05, 4.69) is 36.1 Å². The van der Waals surface area contributed by atoms with E-state index in [1.807, 2.05) is 60.3 Å². The molecule has 0 spiro atoms. The van der Waals surface area contributed by atoms with E-state index in [4.69, 9.17) is 4.74 Å². The molecule has 0 unspecified atom stereocenters. The van der Waals surface area contributed by atoms with Gasteiger partial charge in [0, 0.05) is 18.3 Å². The van der Waals surface area contributed by atoms with Gasteiger partial charge in [0.25, 0.3) is 5.91 Å². The van der Waals surface area contributed by atoms with Crippen molar-refractivity contribution in [3.05, 3.63) is 60.3 Å². The van der Waals surface area contributed by atoms with E-state index in [1.165, 1.54) is 0 Å². The number of anilines is 2. The fraction of sp³-hybridized carbons (Fsp3) is 0.304. The van der Waals surface area contributed by atoms with E-state index in [0.29, 0.717) is 12.2 Å². The second kappa shape index (κ2) is 7.28. The van der Waals surface area contributed by atoms with E-state index in [9.17, 15) is 4.79 Å². The molecule has 2 aromatic carbocycles. The summed E-state index contributed by atoms with van der Waals surface area (Å²) in [7, 11) is 2.02. The molecule has 0 saturated carbocycles. The fourth-order valence-electron chi connectivity index (χ4n) is 3.52. The molecule has 1 aliphatic rings. The molecule has 4 rings (SSSR count). The normalized spacial score (nSPS) is 13.6. The average Bonchev–Trinajstić information content (AvgIpc) is 3.15. The summed E-state index contributed by atoms with van der Waals surface area (Å²) < 4.78 is 7.60. The summed E-state index contributed by atoms with van der Waals surface area (Å²) >= 11 is 0. The highest BCUT2D eigenvalue weighted by atomic mass is 16.5. The summed E-state index contributed by atoms with van der Waals surface area (Å²) in [6.45, 7) is 7.72. The molecular weight excluding hydrogens is 364 g/mol. The van der Waals surface area contributed by atoms with Crippen LogP contribution >= 0.6 is 0 Å². The number of rotatable bonds is 3. The van der Waals surface area contributed by atoms with Gasteiger partial charge in [0.1, 0.15) is 12.4 Å². The Morgan fingerprint density at radius 2 is 1.90 bits per heavy atom. The van der Waals surface area contributed by atoms with Crippen molar-refractivity contribution in [1.82, 2.24) is 9.78 Å². The number of amides is 1. The number of benzene rings is 2. The monoisotopic (exact) mass is 390 g/mol. The molecule has 3 aromatic rings. The lowest BCUT2D eigenvalue weighted by Crippen LogP contribution is -2.28. The van der Waals surface area contributed by atoms with Gasteiger partial charge < -0.3 is 15.0 Å². The minimum atomic E-state index is -0.254. The molecule has 6 heteroatoms. The lowest BCUT2D eigenvalue weighted by molar-refractivity contribution is 0.102. The van der Waals surface area contributed by atoms with Crippen LogP contribution in [0.3, 0.4) is 0 Å². The lowest BCUT2D eigenvalue weighted by Gasteiger charge is -2.28. The van der Waals surface area contributed by atoms with Gasteiger partial charge in [-0.1, -0.05) is 30.3 Å². The van der Waals surface area contributed by atoms with E-state index < -0.39 is 0 Å². The van der Waals surface area contributed by atoms with Gasteiger partial charge in [-0.25, -0.2) is 0 Å². The van der Waals surface area contributed by atoms with E-state index in [1.54, 1.807) is 6.20 Å². The van der Waals surface area contributed by atoms with Crippen LogP contribution in [0.1, 0.15) is 31.1 Å². The second-order valence-electron chi connectivity index (χ2n) is 8.26. The number of ether oxygens (including phenoxy) is 1. The van der Waals surface area contributed by atoms with Gasteiger partial charge in [0.05, 0.1) is 35.2 Å². The molecule has 6 nitrogen and oxygen atoms in total. The van der Waals surface area contributed by atoms with Crippen molar-refractivity contribution in [3.8, 4) is 17.0 Å².